The van der Waals surface area contributed by atoms with Crippen molar-refractivity contribution in [1.82, 2.24) is 4.57 Å². The summed E-state index contributed by atoms with van der Waals surface area (Å²) in [4.78, 5) is 22.6. The summed E-state index contributed by atoms with van der Waals surface area (Å²) in [6, 6.07) is 4.90. The average molecular weight is 245 g/mol. The second-order valence-electron chi connectivity index (χ2n) is 4.33. The van der Waals surface area contributed by atoms with Gasteiger partial charge in [0.05, 0.1) is 5.56 Å². The fraction of sp³-hybridized carbons (Fsp3) is 0.286. The van der Waals surface area contributed by atoms with Crippen LogP contribution in [0.15, 0.2) is 24.4 Å². The molecule has 0 aliphatic carbocycles. The molecule has 0 bridgehead atoms. The fourth-order valence-corrected chi connectivity index (χ4v) is 2.14. The molecule has 1 aromatic carbocycles. The summed E-state index contributed by atoms with van der Waals surface area (Å²) < 4.78 is 2.00. The van der Waals surface area contributed by atoms with Gasteiger partial charge >= 0.3 is 5.97 Å². The first-order valence-corrected chi connectivity index (χ1v) is 5.91. The maximum absolute atomic E-state index is 11.6. The number of aromatic carboxylic acids is 1. The van der Waals surface area contributed by atoms with Gasteiger partial charge in [0.2, 0.25) is 0 Å². The Hall–Kier alpha value is -2.10. The Morgan fingerprint density at radius 1 is 1.33 bits per heavy atom. The molecular weight excluding hydrogens is 230 g/mol. The minimum Gasteiger partial charge on any atom is -0.478 e. The van der Waals surface area contributed by atoms with Crippen LogP contribution in [0, 0.1) is 0 Å². The van der Waals surface area contributed by atoms with Gasteiger partial charge in [-0.05, 0) is 31.5 Å². The largest absolute Gasteiger partial charge is 0.478 e. The minimum absolute atomic E-state index is 0.0441. The topological polar surface area (TPSA) is 59.3 Å². The van der Waals surface area contributed by atoms with Crippen molar-refractivity contribution < 1.29 is 14.7 Å². The highest BCUT2D eigenvalue weighted by Gasteiger charge is 2.13. The zero-order chi connectivity index (χ0) is 13.3. The van der Waals surface area contributed by atoms with Gasteiger partial charge in [-0.25, -0.2) is 4.79 Å². The Kier molecular flexibility index (Phi) is 3.19. The Balaban J connectivity index is 2.71. The lowest BCUT2D eigenvalue weighted by Gasteiger charge is -2.02. The third kappa shape index (κ3) is 2.01. The van der Waals surface area contributed by atoms with Gasteiger partial charge in [0.1, 0.15) is 0 Å². The molecule has 0 radical (unpaired) electrons. The molecule has 1 aromatic heterocycles. The fourth-order valence-electron chi connectivity index (χ4n) is 2.14. The molecule has 0 atom stereocenters. The van der Waals surface area contributed by atoms with Crippen molar-refractivity contribution in [2.75, 3.05) is 0 Å². The summed E-state index contributed by atoms with van der Waals surface area (Å²) in [5.74, 6) is -1.02. The summed E-state index contributed by atoms with van der Waals surface area (Å²) in [5, 5.41) is 9.71. The monoisotopic (exact) mass is 245 g/mol. The van der Waals surface area contributed by atoms with E-state index in [2.05, 4.69) is 6.92 Å². The molecule has 4 nitrogen and oxygen atoms in total. The quantitative estimate of drug-likeness (QED) is 0.842. The van der Waals surface area contributed by atoms with E-state index in [1.807, 2.05) is 10.8 Å². The predicted octanol–water partition coefficient (Wildman–Crippen LogP) is 2.95. The van der Waals surface area contributed by atoms with Crippen LogP contribution in [-0.4, -0.2) is 21.4 Å². The van der Waals surface area contributed by atoms with E-state index in [0.29, 0.717) is 5.56 Å². The third-order valence-corrected chi connectivity index (χ3v) is 2.97. The summed E-state index contributed by atoms with van der Waals surface area (Å²) in [6.45, 7) is 4.37. The van der Waals surface area contributed by atoms with Gasteiger partial charge in [-0.2, -0.15) is 0 Å². The number of Topliss-reactive ketones (excluding diaryl/α,β-unsaturated/α-hetero) is 1. The van der Waals surface area contributed by atoms with Crippen LogP contribution in [0.25, 0.3) is 10.9 Å². The van der Waals surface area contributed by atoms with Crippen LogP contribution in [0.3, 0.4) is 0 Å². The van der Waals surface area contributed by atoms with E-state index >= 15 is 0 Å². The number of carboxylic acids is 1. The minimum atomic E-state index is -0.977. The lowest BCUT2D eigenvalue weighted by Crippen LogP contribution is -1.97. The van der Waals surface area contributed by atoms with Crippen molar-refractivity contribution in [3.63, 3.8) is 0 Å². The van der Waals surface area contributed by atoms with Crippen molar-refractivity contribution in [3.8, 4) is 0 Å². The molecular formula is C14H15NO3. The number of fused-ring (bicyclic) bond motifs is 1. The van der Waals surface area contributed by atoms with Gasteiger partial charge in [0.25, 0.3) is 0 Å². The number of aromatic nitrogens is 1. The lowest BCUT2D eigenvalue weighted by atomic mass is 10.1. The number of ketones is 1. The lowest BCUT2D eigenvalue weighted by molar-refractivity contribution is 0.0696. The van der Waals surface area contributed by atoms with Crippen LogP contribution in [0.1, 0.15) is 41.0 Å². The van der Waals surface area contributed by atoms with Crippen molar-refractivity contribution in [1.29, 1.82) is 0 Å². The van der Waals surface area contributed by atoms with E-state index in [9.17, 15) is 9.59 Å². The van der Waals surface area contributed by atoms with E-state index in [-0.39, 0.29) is 11.3 Å². The first-order chi connectivity index (χ1) is 8.54. The molecule has 0 aliphatic heterocycles. The molecule has 0 aliphatic rings. The molecule has 0 saturated heterocycles. The highest BCUT2D eigenvalue weighted by atomic mass is 16.4. The van der Waals surface area contributed by atoms with Crippen molar-refractivity contribution in [2.24, 2.45) is 0 Å². The molecule has 2 rings (SSSR count). The summed E-state index contributed by atoms with van der Waals surface area (Å²) in [6.07, 6.45) is 2.77. The summed E-state index contributed by atoms with van der Waals surface area (Å²) in [5.41, 5.74) is 1.70. The number of carboxylic acid groups (broad SMARTS) is 1. The maximum Gasteiger partial charge on any atom is 0.335 e. The Labute approximate surface area is 105 Å². The molecule has 1 heterocycles. The Morgan fingerprint density at radius 2 is 2.06 bits per heavy atom. The van der Waals surface area contributed by atoms with Crippen LogP contribution in [0.4, 0.5) is 0 Å². The van der Waals surface area contributed by atoms with Crippen LogP contribution in [-0.2, 0) is 6.54 Å². The van der Waals surface area contributed by atoms with Crippen LogP contribution in [0.2, 0.25) is 0 Å². The van der Waals surface area contributed by atoms with Crippen molar-refractivity contribution in [3.05, 3.63) is 35.5 Å². The number of hydrogen-bond acceptors (Lipinski definition) is 2. The number of carbonyl (C=O) groups excluding carboxylic acids is 1. The normalized spacial score (nSPS) is 10.8. The zero-order valence-corrected chi connectivity index (χ0v) is 10.4. The molecule has 2 aromatic rings. The zero-order valence-electron chi connectivity index (χ0n) is 10.4. The van der Waals surface area contributed by atoms with E-state index < -0.39 is 5.97 Å². The van der Waals surface area contributed by atoms with E-state index in [1.54, 1.807) is 18.2 Å². The van der Waals surface area contributed by atoms with Crippen molar-refractivity contribution in [2.45, 2.75) is 26.8 Å². The summed E-state index contributed by atoms with van der Waals surface area (Å²) >= 11 is 0. The third-order valence-electron chi connectivity index (χ3n) is 2.97. The molecule has 94 valence electrons. The molecule has 1 N–H and O–H groups in total. The number of carbonyl (C=O) groups is 2. The maximum atomic E-state index is 11.6. The molecule has 4 heteroatoms. The van der Waals surface area contributed by atoms with E-state index in [4.69, 9.17) is 5.11 Å². The number of hydrogen-bond donors (Lipinski definition) is 1. The molecule has 0 fully saturated rings. The van der Waals surface area contributed by atoms with Gasteiger partial charge in [-0.3, -0.25) is 4.79 Å². The molecule has 0 unspecified atom stereocenters. The van der Waals surface area contributed by atoms with Crippen LogP contribution in [0.5, 0.6) is 0 Å². The van der Waals surface area contributed by atoms with Crippen LogP contribution >= 0.6 is 0 Å². The SMILES string of the molecule is CCCn1cc(C(C)=O)c2cc(C(=O)O)ccc21. The smallest absolute Gasteiger partial charge is 0.335 e. The number of benzene rings is 1. The summed E-state index contributed by atoms with van der Waals surface area (Å²) in [7, 11) is 0. The molecule has 0 amide bonds. The number of nitrogens with zero attached hydrogens (tertiary/aromatic N) is 1. The first kappa shape index (κ1) is 12.4. The molecule has 0 saturated carbocycles. The molecule has 0 spiro atoms. The van der Waals surface area contributed by atoms with Gasteiger partial charge in [-0.1, -0.05) is 6.92 Å². The molecule has 18 heavy (non-hydrogen) atoms. The number of aryl methyl sites for hydroxylation is 1. The van der Waals surface area contributed by atoms with Gasteiger partial charge in [0.15, 0.2) is 5.78 Å². The predicted molar refractivity (Wildman–Crippen MR) is 69.2 cm³/mol. The average Bonchev–Trinajstić information content (AvgIpc) is 2.68. The second-order valence-corrected chi connectivity index (χ2v) is 4.33. The van der Waals surface area contributed by atoms with E-state index in [1.165, 1.54) is 6.92 Å². The van der Waals surface area contributed by atoms with Gasteiger partial charge in [-0.15, -0.1) is 0 Å². The highest BCUT2D eigenvalue weighted by Crippen LogP contribution is 2.24. The standard InChI is InChI=1S/C14H15NO3/c1-3-6-15-8-12(9(2)16)11-7-10(14(17)18)4-5-13(11)15/h4-5,7-8H,3,6H2,1-2H3,(H,17,18). The van der Waals surface area contributed by atoms with Gasteiger partial charge in [0, 0.05) is 29.2 Å². The Morgan fingerprint density at radius 3 is 2.61 bits per heavy atom. The van der Waals surface area contributed by atoms with Crippen LogP contribution < -0.4 is 0 Å². The second kappa shape index (κ2) is 4.64. The van der Waals surface area contributed by atoms with Crippen molar-refractivity contribution >= 4 is 22.7 Å². The first-order valence-electron chi connectivity index (χ1n) is 5.91. The number of rotatable bonds is 4. The Bertz CT molecular complexity index is 625. The highest BCUT2D eigenvalue weighted by molar-refractivity contribution is 6.08. The van der Waals surface area contributed by atoms with Gasteiger partial charge < -0.3 is 9.67 Å². The van der Waals surface area contributed by atoms with E-state index in [0.717, 1.165) is 23.9 Å².